The van der Waals surface area contributed by atoms with E-state index in [4.69, 9.17) is 0 Å². The van der Waals surface area contributed by atoms with Crippen LogP contribution in [0.3, 0.4) is 0 Å². The van der Waals surface area contributed by atoms with Gasteiger partial charge in [0.2, 0.25) is 10.0 Å². The van der Waals surface area contributed by atoms with E-state index >= 15 is 0 Å². The molecule has 1 aromatic rings. The van der Waals surface area contributed by atoms with Gasteiger partial charge in [-0.2, -0.15) is 0 Å². The summed E-state index contributed by atoms with van der Waals surface area (Å²) >= 11 is 0. The van der Waals surface area contributed by atoms with Gasteiger partial charge in [0.1, 0.15) is 0 Å². The Balaban J connectivity index is 0.00000392. The molecule has 8 heteroatoms. The van der Waals surface area contributed by atoms with Crippen molar-refractivity contribution < 1.29 is 8.42 Å². The zero-order chi connectivity index (χ0) is 19.7. The standard InChI is InChI=1S/C20H34N4O2S.HI/c1-4-16-27(25,26)24-14-11-19(12-15-24)23-20(21-5-2)22-13-10-18-8-6-17(3)7-9-18;/h6-9,19H,4-5,10-16H2,1-3H3,(H2,21,22,23);1H. The molecular weight excluding hydrogens is 487 g/mol. The molecule has 1 aliphatic heterocycles. The SMILES string of the molecule is CCCS(=O)(=O)N1CCC(NC(=NCCc2ccc(C)cc2)NCC)CC1.I. The number of nitrogens with one attached hydrogen (secondary N) is 2. The van der Waals surface area contributed by atoms with E-state index in [9.17, 15) is 8.42 Å². The van der Waals surface area contributed by atoms with Crippen LogP contribution in [0.25, 0.3) is 0 Å². The molecule has 1 aromatic carbocycles. The Morgan fingerprint density at radius 1 is 1.18 bits per heavy atom. The molecule has 0 spiro atoms. The maximum Gasteiger partial charge on any atom is 0.214 e. The zero-order valence-corrected chi connectivity index (χ0v) is 20.4. The highest BCUT2D eigenvalue weighted by Gasteiger charge is 2.27. The van der Waals surface area contributed by atoms with Crippen molar-refractivity contribution in [2.45, 2.75) is 52.5 Å². The van der Waals surface area contributed by atoms with Crippen LogP contribution in [0.1, 0.15) is 44.2 Å². The topological polar surface area (TPSA) is 73.8 Å². The van der Waals surface area contributed by atoms with Crippen molar-refractivity contribution in [1.29, 1.82) is 0 Å². The number of aryl methyl sites for hydroxylation is 1. The minimum atomic E-state index is -3.08. The number of piperidine rings is 1. The fourth-order valence-electron chi connectivity index (χ4n) is 3.23. The molecule has 1 aliphatic rings. The van der Waals surface area contributed by atoms with Gasteiger partial charge in [0.15, 0.2) is 5.96 Å². The number of guanidine groups is 1. The van der Waals surface area contributed by atoms with E-state index < -0.39 is 10.0 Å². The van der Waals surface area contributed by atoms with Crippen LogP contribution >= 0.6 is 24.0 Å². The molecule has 0 radical (unpaired) electrons. The zero-order valence-electron chi connectivity index (χ0n) is 17.3. The minimum absolute atomic E-state index is 0. The third-order valence-corrected chi connectivity index (χ3v) is 6.86. The van der Waals surface area contributed by atoms with Crippen LogP contribution in [0.4, 0.5) is 0 Å². The quantitative estimate of drug-likeness (QED) is 0.313. The number of hydrogen-bond acceptors (Lipinski definition) is 3. The van der Waals surface area contributed by atoms with Gasteiger partial charge in [0.05, 0.1) is 5.75 Å². The highest BCUT2D eigenvalue weighted by Crippen LogP contribution is 2.15. The van der Waals surface area contributed by atoms with E-state index in [0.29, 0.717) is 19.5 Å². The van der Waals surface area contributed by atoms with Crippen molar-refractivity contribution in [3.63, 3.8) is 0 Å². The average molecular weight is 522 g/mol. The smallest absolute Gasteiger partial charge is 0.214 e. The molecule has 2 N–H and O–H groups in total. The van der Waals surface area contributed by atoms with Gasteiger partial charge in [-0.05, 0) is 45.1 Å². The third-order valence-electron chi connectivity index (χ3n) is 4.79. The molecule has 160 valence electrons. The van der Waals surface area contributed by atoms with E-state index in [1.807, 2.05) is 6.92 Å². The van der Waals surface area contributed by atoms with Gasteiger partial charge >= 0.3 is 0 Å². The van der Waals surface area contributed by atoms with Gasteiger partial charge in [0.25, 0.3) is 0 Å². The van der Waals surface area contributed by atoms with Gasteiger partial charge < -0.3 is 10.6 Å². The Morgan fingerprint density at radius 3 is 2.39 bits per heavy atom. The molecule has 0 aliphatic carbocycles. The molecule has 1 heterocycles. The molecule has 0 bridgehead atoms. The Labute approximate surface area is 187 Å². The molecule has 0 aromatic heterocycles. The summed E-state index contributed by atoms with van der Waals surface area (Å²) < 4.78 is 26.0. The van der Waals surface area contributed by atoms with Crippen LogP contribution in [-0.4, -0.2) is 56.7 Å². The molecule has 0 unspecified atom stereocenters. The summed E-state index contributed by atoms with van der Waals surface area (Å²) in [6, 6.07) is 8.82. The molecular formula is C20H35IN4O2S. The third kappa shape index (κ3) is 8.24. The van der Waals surface area contributed by atoms with E-state index in [2.05, 4.69) is 53.7 Å². The first-order valence-electron chi connectivity index (χ1n) is 10.0. The number of aliphatic imine (C=N–C) groups is 1. The Morgan fingerprint density at radius 2 is 1.82 bits per heavy atom. The van der Waals surface area contributed by atoms with Gasteiger partial charge in [-0.3, -0.25) is 4.99 Å². The largest absolute Gasteiger partial charge is 0.357 e. The van der Waals surface area contributed by atoms with Crippen LogP contribution in [0.5, 0.6) is 0 Å². The summed E-state index contributed by atoms with van der Waals surface area (Å²) in [7, 11) is -3.08. The van der Waals surface area contributed by atoms with E-state index in [-0.39, 0.29) is 35.8 Å². The normalized spacial score (nSPS) is 16.5. The fraction of sp³-hybridized carbons (Fsp3) is 0.650. The highest BCUT2D eigenvalue weighted by atomic mass is 127. The number of hydrogen-bond donors (Lipinski definition) is 2. The first kappa shape index (κ1) is 25.2. The lowest BCUT2D eigenvalue weighted by atomic mass is 10.1. The highest BCUT2D eigenvalue weighted by molar-refractivity contribution is 14.0. The van der Waals surface area contributed by atoms with Crippen LogP contribution in [0.2, 0.25) is 0 Å². The van der Waals surface area contributed by atoms with Crippen molar-refractivity contribution in [3.8, 4) is 0 Å². The van der Waals surface area contributed by atoms with E-state index in [1.165, 1.54) is 11.1 Å². The number of halogens is 1. The number of rotatable bonds is 8. The average Bonchev–Trinajstić information content (AvgIpc) is 2.64. The van der Waals surface area contributed by atoms with Crippen molar-refractivity contribution in [2.75, 3.05) is 31.9 Å². The van der Waals surface area contributed by atoms with Gasteiger partial charge in [-0.1, -0.05) is 36.8 Å². The van der Waals surface area contributed by atoms with Crippen LogP contribution in [0.15, 0.2) is 29.3 Å². The fourth-order valence-corrected chi connectivity index (χ4v) is 4.77. The second-order valence-electron chi connectivity index (χ2n) is 7.13. The van der Waals surface area contributed by atoms with Crippen molar-refractivity contribution in [3.05, 3.63) is 35.4 Å². The Bertz CT molecular complexity index is 699. The van der Waals surface area contributed by atoms with E-state index in [0.717, 1.165) is 38.3 Å². The van der Waals surface area contributed by atoms with Gasteiger partial charge in [0, 0.05) is 32.2 Å². The summed E-state index contributed by atoms with van der Waals surface area (Å²) in [4.78, 5) is 4.69. The lowest BCUT2D eigenvalue weighted by Crippen LogP contribution is -2.50. The number of nitrogens with zero attached hydrogens (tertiary/aromatic N) is 2. The first-order valence-corrected chi connectivity index (χ1v) is 11.6. The van der Waals surface area contributed by atoms with Crippen LogP contribution < -0.4 is 10.6 Å². The first-order chi connectivity index (χ1) is 12.9. The van der Waals surface area contributed by atoms with Crippen LogP contribution in [-0.2, 0) is 16.4 Å². The monoisotopic (exact) mass is 522 g/mol. The van der Waals surface area contributed by atoms with Gasteiger partial charge in [-0.25, -0.2) is 12.7 Å². The summed E-state index contributed by atoms with van der Waals surface area (Å²) in [5, 5.41) is 6.77. The summed E-state index contributed by atoms with van der Waals surface area (Å²) in [5.41, 5.74) is 2.55. The molecule has 6 nitrogen and oxygen atoms in total. The maximum atomic E-state index is 12.2. The van der Waals surface area contributed by atoms with Crippen molar-refractivity contribution >= 4 is 40.0 Å². The molecule has 0 atom stereocenters. The number of sulfonamides is 1. The second-order valence-corrected chi connectivity index (χ2v) is 9.22. The summed E-state index contributed by atoms with van der Waals surface area (Å²) in [6.07, 6.45) is 3.19. The summed E-state index contributed by atoms with van der Waals surface area (Å²) in [5.74, 6) is 1.06. The molecule has 1 fully saturated rings. The lowest BCUT2D eigenvalue weighted by Gasteiger charge is -2.32. The predicted molar refractivity (Wildman–Crippen MR) is 128 cm³/mol. The minimum Gasteiger partial charge on any atom is -0.357 e. The molecule has 2 rings (SSSR count). The van der Waals surface area contributed by atoms with Crippen LogP contribution in [0, 0.1) is 6.92 Å². The van der Waals surface area contributed by atoms with E-state index in [1.54, 1.807) is 4.31 Å². The van der Waals surface area contributed by atoms with Gasteiger partial charge in [-0.15, -0.1) is 24.0 Å². The molecule has 0 amide bonds. The van der Waals surface area contributed by atoms with Crippen molar-refractivity contribution in [2.24, 2.45) is 4.99 Å². The molecule has 1 saturated heterocycles. The summed E-state index contributed by atoms with van der Waals surface area (Å²) in [6.45, 7) is 8.75. The molecule has 28 heavy (non-hydrogen) atoms. The Kier molecular flexibility index (Phi) is 11.4. The maximum absolute atomic E-state index is 12.2. The molecule has 0 saturated carbocycles. The second kappa shape index (κ2) is 12.6. The lowest BCUT2D eigenvalue weighted by molar-refractivity contribution is 0.306. The van der Waals surface area contributed by atoms with Crippen molar-refractivity contribution in [1.82, 2.24) is 14.9 Å². The number of benzene rings is 1. The predicted octanol–water partition coefficient (Wildman–Crippen LogP) is 2.91. The Hall–Kier alpha value is -0.870.